The Balaban J connectivity index is 3.89. The molecule has 1 atom stereocenters. The van der Waals surface area contributed by atoms with E-state index in [1.165, 1.54) is 6.21 Å². The molecule has 1 N–H and O–H groups in total. The van der Waals surface area contributed by atoms with Gasteiger partial charge >= 0.3 is 0 Å². The maximum Gasteiger partial charge on any atom is 0.0223 e. The highest BCUT2D eigenvalue weighted by Crippen LogP contribution is 2.40. The molecule has 0 aliphatic rings. The molecule has 13 heavy (non-hydrogen) atoms. The van der Waals surface area contributed by atoms with Crippen molar-refractivity contribution < 1.29 is 0 Å². The van der Waals surface area contributed by atoms with Gasteiger partial charge in [0.2, 0.25) is 0 Å². The summed E-state index contributed by atoms with van der Waals surface area (Å²) in [4.78, 5) is 0. The van der Waals surface area contributed by atoms with Gasteiger partial charge in [-0.2, -0.15) is 0 Å². The molecule has 78 valence electrons. The zero-order valence-electron chi connectivity index (χ0n) is 9.26. The fourth-order valence-electron chi connectivity index (χ4n) is 0.745. The third kappa shape index (κ3) is 7.44. The highest BCUT2D eigenvalue weighted by atomic mass is 33.1. The summed E-state index contributed by atoms with van der Waals surface area (Å²) in [7, 11) is 3.85. The van der Waals surface area contributed by atoms with E-state index in [2.05, 4.69) is 34.6 Å². The number of nitrogens with one attached hydrogen (secondary N) is 1. The molecule has 0 aromatic heterocycles. The molecule has 0 saturated carbocycles. The van der Waals surface area contributed by atoms with E-state index < -0.39 is 0 Å². The average molecular weight is 219 g/mol. The topological polar surface area (TPSA) is 23.9 Å². The van der Waals surface area contributed by atoms with Crippen LogP contribution in [-0.2, 0) is 0 Å². The monoisotopic (exact) mass is 219 g/mol. The molecule has 3 heteroatoms. The molecule has 0 aliphatic carbocycles. The van der Waals surface area contributed by atoms with Gasteiger partial charge in [-0.3, -0.25) is 0 Å². The lowest BCUT2D eigenvalue weighted by atomic mass is 10.1. The summed E-state index contributed by atoms with van der Waals surface area (Å²) in [6, 6.07) is 0. The smallest absolute Gasteiger partial charge is 0.0223 e. The first-order chi connectivity index (χ1) is 5.87. The summed E-state index contributed by atoms with van der Waals surface area (Å²) < 4.78 is 0.319. The summed E-state index contributed by atoms with van der Waals surface area (Å²) in [6.45, 7) is 11.1. The lowest BCUT2D eigenvalue weighted by Crippen LogP contribution is -2.13. The third-order valence-corrected chi connectivity index (χ3v) is 5.63. The summed E-state index contributed by atoms with van der Waals surface area (Å²) in [5.41, 5.74) is 0. The van der Waals surface area contributed by atoms with Gasteiger partial charge < -0.3 is 5.41 Å². The Kier molecular flexibility index (Phi) is 6.14. The molecule has 0 aromatic rings. The Bertz CT molecular complexity index is 149. The summed E-state index contributed by atoms with van der Waals surface area (Å²) >= 11 is 0. The molecule has 0 aliphatic heterocycles. The Hall–Kier alpha value is 0.370. The first kappa shape index (κ1) is 13.4. The summed E-state index contributed by atoms with van der Waals surface area (Å²) in [5, 5.41) is 7.70. The fourth-order valence-corrected chi connectivity index (χ4v) is 3.69. The molecule has 0 bridgehead atoms. The molecule has 0 rings (SSSR count). The van der Waals surface area contributed by atoms with Crippen LogP contribution in [0.5, 0.6) is 0 Å². The van der Waals surface area contributed by atoms with Crippen LogP contribution in [0.1, 0.15) is 41.0 Å². The molecular weight excluding hydrogens is 198 g/mol. The molecule has 0 amide bonds. The minimum Gasteiger partial charge on any atom is -0.313 e. The van der Waals surface area contributed by atoms with Crippen LogP contribution >= 0.6 is 21.6 Å². The second-order valence-electron chi connectivity index (χ2n) is 4.51. The second kappa shape index (κ2) is 5.97. The first-order valence-corrected chi connectivity index (χ1v) is 6.91. The molecule has 0 heterocycles. The second-order valence-corrected chi connectivity index (χ2v) is 7.78. The van der Waals surface area contributed by atoms with E-state index in [-0.39, 0.29) is 0 Å². The Morgan fingerprint density at radius 1 is 1.31 bits per heavy atom. The molecule has 1 unspecified atom stereocenters. The highest BCUT2D eigenvalue weighted by Gasteiger charge is 2.18. The van der Waals surface area contributed by atoms with Crippen molar-refractivity contribution in [3.8, 4) is 0 Å². The molecule has 1 nitrogen and oxygen atoms in total. The SMILES string of the molecule is CC(C)C(CC=N)SSC(C)(C)C. The average Bonchev–Trinajstić information content (AvgIpc) is 1.95. The van der Waals surface area contributed by atoms with Crippen LogP contribution in [0.3, 0.4) is 0 Å². The van der Waals surface area contributed by atoms with Gasteiger partial charge in [0.15, 0.2) is 0 Å². The van der Waals surface area contributed by atoms with Crippen molar-refractivity contribution in [3.05, 3.63) is 0 Å². The molecule has 0 spiro atoms. The Morgan fingerprint density at radius 3 is 2.15 bits per heavy atom. The van der Waals surface area contributed by atoms with Crippen LogP contribution in [-0.4, -0.2) is 16.2 Å². The number of rotatable bonds is 5. The quantitative estimate of drug-likeness (QED) is 0.552. The van der Waals surface area contributed by atoms with Crippen molar-refractivity contribution in [2.75, 3.05) is 0 Å². The fraction of sp³-hybridized carbons (Fsp3) is 0.900. The van der Waals surface area contributed by atoms with Crippen molar-refractivity contribution >= 4 is 27.8 Å². The van der Waals surface area contributed by atoms with E-state index >= 15 is 0 Å². The van der Waals surface area contributed by atoms with E-state index in [1.54, 1.807) is 0 Å². The van der Waals surface area contributed by atoms with E-state index in [0.29, 0.717) is 15.9 Å². The van der Waals surface area contributed by atoms with Crippen LogP contribution in [0.4, 0.5) is 0 Å². The highest BCUT2D eigenvalue weighted by molar-refractivity contribution is 8.77. The number of hydrogen-bond donors (Lipinski definition) is 1. The van der Waals surface area contributed by atoms with Gasteiger partial charge in [0.05, 0.1) is 0 Å². The van der Waals surface area contributed by atoms with Crippen molar-refractivity contribution in [1.29, 1.82) is 5.41 Å². The van der Waals surface area contributed by atoms with Crippen molar-refractivity contribution in [2.24, 2.45) is 5.92 Å². The maximum atomic E-state index is 7.11. The van der Waals surface area contributed by atoms with Gasteiger partial charge in [-0.15, -0.1) is 0 Å². The maximum absolute atomic E-state index is 7.11. The summed E-state index contributed by atoms with van der Waals surface area (Å²) in [6.07, 6.45) is 2.42. The van der Waals surface area contributed by atoms with E-state index in [1.807, 2.05) is 21.6 Å². The normalized spacial score (nSPS) is 14.6. The van der Waals surface area contributed by atoms with Crippen LogP contribution in [0.25, 0.3) is 0 Å². The molecule has 0 aromatic carbocycles. The van der Waals surface area contributed by atoms with Gasteiger partial charge in [0.1, 0.15) is 0 Å². The molecule has 0 fully saturated rings. The van der Waals surface area contributed by atoms with Crippen LogP contribution in [0.2, 0.25) is 0 Å². The first-order valence-electron chi connectivity index (χ1n) is 4.70. The van der Waals surface area contributed by atoms with Gasteiger partial charge in [-0.1, -0.05) is 56.2 Å². The Labute approximate surface area is 90.4 Å². The van der Waals surface area contributed by atoms with Gasteiger partial charge in [0, 0.05) is 10.00 Å². The lowest BCUT2D eigenvalue weighted by Gasteiger charge is -2.23. The molecule has 0 radical (unpaired) electrons. The van der Waals surface area contributed by atoms with Gasteiger partial charge in [-0.25, -0.2) is 0 Å². The van der Waals surface area contributed by atoms with Crippen LogP contribution in [0.15, 0.2) is 0 Å². The van der Waals surface area contributed by atoms with E-state index in [0.717, 1.165) is 6.42 Å². The third-order valence-electron chi connectivity index (χ3n) is 1.52. The minimum atomic E-state index is 0.319. The zero-order valence-corrected chi connectivity index (χ0v) is 10.9. The van der Waals surface area contributed by atoms with E-state index in [9.17, 15) is 0 Å². The van der Waals surface area contributed by atoms with Gasteiger partial charge in [-0.05, 0) is 18.6 Å². The molecular formula is C10H21NS2. The Morgan fingerprint density at radius 2 is 1.85 bits per heavy atom. The number of hydrogen-bond acceptors (Lipinski definition) is 3. The van der Waals surface area contributed by atoms with Crippen LogP contribution < -0.4 is 0 Å². The summed E-state index contributed by atoms with van der Waals surface area (Å²) in [5.74, 6) is 0.654. The van der Waals surface area contributed by atoms with Gasteiger partial charge in [0.25, 0.3) is 0 Å². The molecule has 0 saturated heterocycles. The lowest BCUT2D eigenvalue weighted by molar-refractivity contribution is 0.625. The predicted octanol–water partition coefficient (Wildman–Crippen LogP) is 4.23. The zero-order chi connectivity index (χ0) is 10.5. The van der Waals surface area contributed by atoms with Crippen molar-refractivity contribution in [2.45, 2.75) is 51.0 Å². The van der Waals surface area contributed by atoms with Crippen molar-refractivity contribution in [3.63, 3.8) is 0 Å². The van der Waals surface area contributed by atoms with E-state index in [4.69, 9.17) is 5.41 Å². The standard InChI is InChI=1S/C10H21NS2/c1-8(2)9(6-7-11)12-13-10(3,4)5/h7-9,11H,6H2,1-5H3. The minimum absolute atomic E-state index is 0.319. The largest absolute Gasteiger partial charge is 0.313 e. The van der Waals surface area contributed by atoms with Crippen molar-refractivity contribution in [1.82, 2.24) is 0 Å². The predicted molar refractivity (Wildman–Crippen MR) is 67.0 cm³/mol. The van der Waals surface area contributed by atoms with Crippen LogP contribution in [0, 0.1) is 11.3 Å².